The molecule has 0 aliphatic rings. The minimum absolute atomic E-state index is 0.0988. The van der Waals surface area contributed by atoms with Crippen LogP contribution in [-0.4, -0.2) is 17.5 Å². The third-order valence-corrected chi connectivity index (χ3v) is 4.46. The smallest absolute Gasteiger partial charge is 0.312 e. The van der Waals surface area contributed by atoms with E-state index in [0.29, 0.717) is 12.2 Å². The molecule has 0 aliphatic carbocycles. The van der Waals surface area contributed by atoms with Crippen LogP contribution in [0.15, 0.2) is 29.7 Å². The average molecular weight is 325 g/mol. The number of ether oxygens (including phenoxy) is 1. The molecule has 4 heteroatoms. The molecule has 2 nitrogen and oxygen atoms in total. The first kappa shape index (κ1) is 18.2. The molecule has 0 atom stereocenters. The van der Waals surface area contributed by atoms with Gasteiger partial charge in [-0.15, -0.1) is 19.2 Å². The van der Waals surface area contributed by atoms with Gasteiger partial charge in [-0.2, -0.15) is 11.8 Å². The molecule has 0 saturated heterocycles. The molecule has 0 aromatic heterocycles. The molecule has 0 N–H and O–H groups in total. The van der Waals surface area contributed by atoms with Crippen molar-refractivity contribution in [2.45, 2.75) is 44.4 Å². The quantitative estimate of drug-likeness (QED) is 0.268. The van der Waals surface area contributed by atoms with Crippen molar-refractivity contribution >= 4 is 30.4 Å². The summed E-state index contributed by atoms with van der Waals surface area (Å²) in [5.74, 6) is 2.06. The fourth-order valence-electron chi connectivity index (χ4n) is 1.84. The zero-order chi connectivity index (χ0) is 16.0. The van der Waals surface area contributed by atoms with Crippen LogP contribution in [0.1, 0.15) is 38.3 Å². The number of rotatable bonds is 6. The molecule has 116 valence electrons. The minimum Gasteiger partial charge on any atom is -0.426 e. The van der Waals surface area contributed by atoms with Gasteiger partial charge in [-0.1, -0.05) is 26.8 Å². The number of thiol groups is 1. The first-order valence-electron chi connectivity index (χ1n) is 6.99. The second kappa shape index (κ2) is 7.95. The Morgan fingerprint density at radius 3 is 2.67 bits per heavy atom. The molecular formula is C17H24O2S2. The molecule has 1 aromatic rings. The van der Waals surface area contributed by atoms with E-state index in [9.17, 15) is 4.79 Å². The van der Waals surface area contributed by atoms with E-state index >= 15 is 0 Å². The lowest BCUT2D eigenvalue weighted by atomic mass is 9.86. The molecule has 0 spiro atoms. The average Bonchev–Trinajstić information content (AvgIpc) is 2.37. The Labute approximate surface area is 137 Å². The van der Waals surface area contributed by atoms with Crippen LogP contribution in [0.25, 0.3) is 0 Å². The second-order valence-electron chi connectivity index (χ2n) is 5.97. The summed E-state index contributed by atoms with van der Waals surface area (Å²) < 4.78 is 5.58. The molecule has 0 unspecified atom stereocenters. The van der Waals surface area contributed by atoms with Crippen LogP contribution in [0.3, 0.4) is 0 Å². The number of esters is 1. The molecule has 1 aromatic carbocycles. The molecular weight excluding hydrogens is 300 g/mol. The SMILES string of the molecule is C=CCSCCC(=O)Oc1cc(C)c(S)cc1C(C)(C)C. The number of aryl methyl sites for hydroxylation is 1. The van der Waals surface area contributed by atoms with Gasteiger partial charge in [0.05, 0.1) is 6.42 Å². The Bertz CT molecular complexity index is 516. The third-order valence-electron chi connectivity index (χ3n) is 3.02. The first-order valence-corrected chi connectivity index (χ1v) is 8.59. The standard InChI is InChI=1S/C17H24O2S2/c1-6-8-21-9-7-16(18)19-14-10-12(2)15(20)11-13(14)17(3,4)5/h6,10-11,20H,1,7-9H2,2-5H3. The van der Waals surface area contributed by atoms with Gasteiger partial charge in [0.1, 0.15) is 5.75 Å². The number of carbonyl (C=O) groups excluding carboxylic acids is 1. The van der Waals surface area contributed by atoms with Gasteiger partial charge in [0, 0.05) is 22.0 Å². The highest BCUT2D eigenvalue weighted by atomic mass is 32.2. The van der Waals surface area contributed by atoms with E-state index in [4.69, 9.17) is 4.74 Å². The summed E-state index contributed by atoms with van der Waals surface area (Å²) in [6.45, 7) is 11.9. The van der Waals surface area contributed by atoms with Crippen LogP contribution >= 0.6 is 24.4 Å². The van der Waals surface area contributed by atoms with Gasteiger partial charge in [-0.25, -0.2) is 0 Å². The van der Waals surface area contributed by atoms with E-state index in [0.717, 1.165) is 27.5 Å². The predicted molar refractivity (Wildman–Crippen MR) is 94.9 cm³/mol. The van der Waals surface area contributed by atoms with Gasteiger partial charge in [-0.05, 0) is 30.0 Å². The zero-order valence-electron chi connectivity index (χ0n) is 13.2. The maximum absolute atomic E-state index is 12.0. The largest absolute Gasteiger partial charge is 0.426 e. The van der Waals surface area contributed by atoms with Gasteiger partial charge in [0.25, 0.3) is 0 Å². The van der Waals surface area contributed by atoms with Crippen molar-refractivity contribution in [1.82, 2.24) is 0 Å². The molecule has 0 fully saturated rings. The van der Waals surface area contributed by atoms with Crippen molar-refractivity contribution in [3.05, 3.63) is 35.9 Å². The Balaban J connectivity index is 2.84. The number of thioether (sulfide) groups is 1. The predicted octanol–water partition coefficient (Wildman–Crippen LogP) is 4.80. The highest BCUT2D eigenvalue weighted by Gasteiger charge is 2.21. The van der Waals surface area contributed by atoms with E-state index < -0.39 is 0 Å². The summed E-state index contributed by atoms with van der Waals surface area (Å²) in [5.41, 5.74) is 1.92. The maximum Gasteiger partial charge on any atom is 0.312 e. The van der Waals surface area contributed by atoms with Crippen LogP contribution in [0.4, 0.5) is 0 Å². The van der Waals surface area contributed by atoms with Gasteiger partial charge in [0.2, 0.25) is 0 Å². The van der Waals surface area contributed by atoms with Gasteiger partial charge < -0.3 is 4.74 Å². The lowest BCUT2D eigenvalue weighted by Gasteiger charge is -2.23. The fraction of sp³-hybridized carbons (Fsp3) is 0.471. The summed E-state index contributed by atoms with van der Waals surface area (Å²) in [6.07, 6.45) is 2.24. The van der Waals surface area contributed by atoms with Crippen molar-refractivity contribution in [1.29, 1.82) is 0 Å². The number of benzene rings is 1. The topological polar surface area (TPSA) is 26.3 Å². The summed E-state index contributed by atoms with van der Waals surface area (Å²) in [6, 6.07) is 3.89. The highest BCUT2D eigenvalue weighted by molar-refractivity contribution is 7.99. The van der Waals surface area contributed by atoms with Crippen LogP contribution in [0.5, 0.6) is 5.75 Å². The Hall–Kier alpha value is -0.870. The number of hydrogen-bond donors (Lipinski definition) is 1. The van der Waals surface area contributed by atoms with Crippen LogP contribution < -0.4 is 4.74 Å². The molecule has 0 heterocycles. The maximum atomic E-state index is 12.0. The van der Waals surface area contributed by atoms with Crippen molar-refractivity contribution in [3.8, 4) is 5.75 Å². The van der Waals surface area contributed by atoms with E-state index in [1.54, 1.807) is 11.8 Å². The Morgan fingerprint density at radius 1 is 1.43 bits per heavy atom. The monoisotopic (exact) mass is 324 g/mol. The van der Waals surface area contributed by atoms with Gasteiger partial charge in [-0.3, -0.25) is 4.79 Å². The molecule has 21 heavy (non-hydrogen) atoms. The molecule has 0 saturated carbocycles. The second-order valence-corrected chi connectivity index (χ2v) is 7.60. The molecule has 1 rings (SSSR count). The summed E-state index contributed by atoms with van der Waals surface area (Å²) in [4.78, 5) is 12.9. The van der Waals surface area contributed by atoms with Gasteiger partial charge in [0.15, 0.2) is 0 Å². The van der Waals surface area contributed by atoms with E-state index in [1.807, 2.05) is 25.1 Å². The molecule has 0 amide bonds. The van der Waals surface area contributed by atoms with Crippen LogP contribution in [-0.2, 0) is 10.2 Å². The van der Waals surface area contributed by atoms with Crippen molar-refractivity contribution in [2.24, 2.45) is 0 Å². The number of carbonyl (C=O) groups is 1. The molecule has 0 bridgehead atoms. The van der Waals surface area contributed by atoms with E-state index in [2.05, 4.69) is 40.0 Å². The van der Waals surface area contributed by atoms with Crippen LogP contribution in [0.2, 0.25) is 0 Å². The van der Waals surface area contributed by atoms with Crippen molar-refractivity contribution < 1.29 is 9.53 Å². The van der Waals surface area contributed by atoms with E-state index in [-0.39, 0.29) is 11.4 Å². The third kappa shape index (κ3) is 5.79. The zero-order valence-corrected chi connectivity index (χ0v) is 14.9. The molecule has 0 radical (unpaired) electrons. The first-order chi connectivity index (χ1) is 9.75. The van der Waals surface area contributed by atoms with E-state index in [1.165, 1.54) is 0 Å². The van der Waals surface area contributed by atoms with Gasteiger partial charge >= 0.3 is 5.97 Å². The lowest BCUT2D eigenvalue weighted by Crippen LogP contribution is -2.17. The summed E-state index contributed by atoms with van der Waals surface area (Å²) >= 11 is 6.14. The number of hydrogen-bond acceptors (Lipinski definition) is 4. The highest BCUT2D eigenvalue weighted by Crippen LogP contribution is 2.35. The fourth-order valence-corrected chi connectivity index (χ4v) is 2.67. The minimum atomic E-state index is -0.191. The summed E-state index contributed by atoms with van der Waals surface area (Å²) in [7, 11) is 0. The Morgan fingerprint density at radius 2 is 2.10 bits per heavy atom. The Kier molecular flexibility index (Phi) is 6.88. The molecule has 0 aliphatic heterocycles. The normalized spacial score (nSPS) is 11.3. The van der Waals surface area contributed by atoms with Crippen molar-refractivity contribution in [2.75, 3.05) is 11.5 Å². The van der Waals surface area contributed by atoms with Crippen molar-refractivity contribution in [3.63, 3.8) is 0 Å². The van der Waals surface area contributed by atoms with Crippen LogP contribution in [0, 0.1) is 6.92 Å². The summed E-state index contributed by atoms with van der Waals surface area (Å²) in [5, 5.41) is 0. The lowest BCUT2D eigenvalue weighted by molar-refractivity contribution is -0.133.